The molecular formula is C8H8Cl2. The zero-order valence-electron chi connectivity index (χ0n) is 5.70. The molecule has 0 saturated heterocycles. The van der Waals surface area contributed by atoms with Crippen LogP contribution in [-0.4, -0.2) is 0 Å². The van der Waals surface area contributed by atoms with Crippen molar-refractivity contribution in [1.29, 1.82) is 0 Å². The first kappa shape index (κ1) is 7.90. The van der Waals surface area contributed by atoms with Crippen LogP contribution in [0, 0.1) is 0 Å². The van der Waals surface area contributed by atoms with E-state index in [0.717, 1.165) is 15.6 Å². The third-order valence-corrected chi connectivity index (χ3v) is 1.75. The number of rotatable bonds is 0. The van der Waals surface area contributed by atoms with Crippen LogP contribution < -0.4 is 0 Å². The Balaban J connectivity index is 2.90. The summed E-state index contributed by atoms with van der Waals surface area (Å²) < 4.78 is 0. The molecule has 0 spiro atoms. The van der Waals surface area contributed by atoms with Crippen LogP contribution in [-0.2, 0) is 0 Å². The molecule has 0 aromatic heterocycles. The van der Waals surface area contributed by atoms with E-state index in [-0.39, 0.29) is 0 Å². The van der Waals surface area contributed by atoms with Gasteiger partial charge < -0.3 is 0 Å². The molecule has 0 nitrogen and oxygen atoms in total. The van der Waals surface area contributed by atoms with Gasteiger partial charge in [0.2, 0.25) is 0 Å². The van der Waals surface area contributed by atoms with Gasteiger partial charge in [-0.3, -0.25) is 0 Å². The third kappa shape index (κ3) is 2.20. The van der Waals surface area contributed by atoms with Crippen LogP contribution in [0.5, 0.6) is 0 Å². The Hall–Kier alpha value is -0.200. The molecule has 0 unspecified atom stereocenters. The van der Waals surface area contributed by atoms with E-state index in [0.29, 0.717) is 6.42 Å². The molecule has 1 aliphatic rings. The van der Waals surface area contributed by atoms with Crippen molar-refractivity contribution in [3.05, 3.63) is 33.9 Å². The van der Waals surface area contributed by atoms with Gasteiger partial charge in [-0.1, -0.05) is 29.3 Å². The van der Waals surface area contributed by atoms with Gasteiger partial charge in [0.15, 0.2) is 0 Å². The minimum absolute atomic E-state index is 0.664. The maximum atomic E-state index is 5.81. The summed E-state index contributed by atoms with van der Waals surface area (Å²) in [4.78, 5) is 0. The zero-order valence-corrected chi connectivity index (χ0v) is 7.21. The van der Waals surface area contributed by atoms with Gasteiger partial charge >= 0.3 is 0 Å². The summed E-state index contributed by atoms with van der Waals surface area (Å²) in [5.74, 6) is 0. The van der Waals surface area contributed by atoms with Crippen LogP contribution in [0.25, 0.3) is 0 Å². The van der Waals surface area contributed by atoms with Crippen LogP contribution in [0.15, 0.2) is 33.9 Å². The second kappa shape index (κ2) is 3.27. The summed E-state index contributed by atoms with van der Waals surface area (Å²) in [6.07, 6.45) is 6.42. The molecular weight excluding hydrogens is 167 g/mol. The molecule has 0 aromatic rings. The van der Waals surface area contributed by atoms with E-state index in [1.807, 2.05) is 25.2 Å². The Morgan fingerprint density at radius 2 is 1.90 bits per heavy atom. The average molecular weight is 175 g/mol. The van der Waals surface area contributed by atoms with E-state index in [4.69, 9.17) is 23.2 Å². The van der Waals surface area contributed by atoms with E-state index in [1.54, 1.807) is 0 Å². The highest BCUT2D eigenvalue weighted by molar-refractivity contribution is 6.34. The van der Waals surface area contributed by atoms with Crippen molar-refractivity contribution in [3.8, 4) is 0 Å². The predicted octanol–water partition coefficient (Wildman–Crippen LogP) is 3.58. The first-order valence-corrected chi connectivity index (χ1v) is 3.83. The molecule has 0 N–H and O–H groups in total. The lowest BCUT2D eigenvalue weighted by molar-refractivity contribution is 1.32. The summed E-state index contributed by atoms with van der Waals surface area (Å²) >= 11 is 11.6. The van der Waals surface area contributed by atoms with E-state index >= 15 is 0 Å². The lowest BCUT2D eigenvalue weighted by atomic mass is 10.3. The lowest BCUT2D eigenvalue weighted by Gasteiger charge is -1.92. The van der Waals surface area contributed by atoms with Crippen LogP contribution in [0.3, 0.4) is 0 Å². The minimum atomic E-state index is 0.664. The van der Waals surface area contributed by atoms with E-state index < -0.39 is 0 Å². The van der Waals surface area contributed by atoms with Gasteiger partial charge in [0.05, 0.1) is 0 Å². The maximum absolute atomic E-state index is 5.81. The van der Waals surface area contributed by atoms with Crippen molar-refractivity contribution in [2.75, 3.05) is 0 Å². The normalized spacial score (nSPS) is 18.9. The van der Waals surface area contributed by atoms with Gasteiger partial charge in [0, 0.05) is 16.5 Å². The maximum Gasteiger partial charge on any atom is 0.0236 e. The summed E-state index contributed by atoms with van der Waals surface area (Å²) in [6.45, 7) is 1.99. The molecule has 0 atom stereocenters. The SMILES string of the molecule is CC1=CC=C(Cl)CC(Cl)=C1. The fourth-order valence-electron chi connectivity index (χ4n) is 0.788. The lowest BCUT2D eigenvalue weighted by Crippen LogP contribution is -1.71. The van der Waals surface area contributed by atoms with Gasteiger partial charge in [0.25, 0.3) is 0 Å². The first-order chi connectivity index (χ1) is 4.68. The molecule has 1 rings (SSSR count). The second-order valence-electron chi connectivity index (χ2n) is 2.29. The Morgan fingerprint density at radius 3 is 2.60 bits per heavy atom. The Bertz CT molecular complexity index is 221. The van der Waals surface area contributed by atoms with Crippen molar-refractivity contribution in [2.24, 2.45) is 0 Å². The largest absolute Gasteiger partial charge is 0.0888 e. The monoisotopic (exact) mass is 174 g/mol. The molecule has 0 heterocycles. The molecule has 0 aliphatic heterocycles. The smallest absolute Gasteiger partial charge is 0.0236 e. The van der Waals surface area contributed by atoms with E-state index in [2.05, 4.69) is 0 Å². The number of allylic oxidation sites excluding steroid dienone is 6. The molecule has 0 aromatic carbocycles. The quantitative estimate of drug-likeness (QED) is 0.527. The second-order valence-corrected chi connectivity index (χ2v) is 3.26. The van der Waals surface area contributed by atoms with Gasteiger partial charge in [-0.25, -0.2) is 0 Å². The van der Waals surface area contributed by atoms with Crippen LogP contribution >= 0.6 is 23.2 Å². The number of hydrogen-bond acceptors (Lipinski definition) is 0. The fourth-order valence-corrected chi connectivity index (χ4v) is 1.38. The van der Waals surface area contributed by atoms with Crippen molar-refractivity contribution in [2.45, 2.75) is 13.3 Å². The first-order valence-electron chi connectivity index (χ1n) is 3.07. The summed E-state index contributed by atoms with van der Waals surface area (Å²) in [6, 6.07) is 0. The topological polar surface area (TPSA) is 0 Å². The zero-order chi connectivity index (χ0) is 7.56. The van der Waals surface area contributed by atoms with Crippen molar-refractivity contribution in [1.82, 2.24) is 0 Å². The fraction of sp³-hybridized carbons (Fsp3) is 0.250. The molecule has 0 saturated carbocycles. The number of hydrogen-bond donors (Lipinski definition) is 0. The standard InChI is InChI=1S/C8H8Cl2/c1-6-2-3-7(9)5-8(10)4-6/h2-4H,5H2,1H3. The molecule has 1 aliphatic carbocycles. The molecule has 54 valence electrons. The molecule has 10 heavy (non-hydrogen) atoms. The van der Waals surface area contributed by atoms with Gasteiger partial charge in [-0.15, -0.1) is 0 Å². The van der Waals surface area contributed by atoms with Crippen LogP contribution in [0.2, 0.25) is 0 Å². The molecule has 2 heteroatoms. The van der Waals surface area contributed by atoms with Crippen LogP contribution in [0.1, 0.15) is 13.3 Å². The highest BCUT2D eigenvalue weighted by Crippen LogP contribution is 2.22. The minimum Gasteiger partial charge on any atom is -0.0888 e. The molecule has 0 radical (unpaired) electrons. The van der Waals surface area contributed by atoms with E-state index in [1.165, 1.54) is 0 Å². The van der Waals surface area contributed by atoms with Crippen molar-refractivity contribution >= 4 is 23.2 Å². The molecule has 0 bridgehead atoms. The summed E-state index contributed by atoms with van der Waals surface area (Å²) in [7, 11) is 0. The van der Waals surface area contributed by atoms with E-state index in [9.17, 15) is 0 Å². The molecule has 0 amide bonds. The Labute approximate surface area is 70.8 Å². The van der Waals surface area contributed by atoms with Gasteiger partial charge in [-0.05, 0) is 24.6 Å². The van der Waals surface area contributed by atoms with Crippen molar-refractivity contribution < 1.29 is 0 Å². The highest BCUT2D eigenvalue weighted by Gasteiger charge is 1.99. The Morgan fingerprint density at radius 1 is 1.20 bits per heavy atom. The third-order valence-electron chi connectivity index (χ3n) is 1.25. The highest BCUT2D eigenvalue weighted by atomic mass is 35.5. The molecule has 0 fully saturated rings. The van der Waals surface area contributed by atoms with Crippen molar-refractivity contribution in [3.63, 3.8) is 0 Å². The summed E-state index contributed by atoms with van der Waals surface area (Å²) in [5.41, 5.74) is 1.14. The number of halogens is 2. The predicted molar refractivity (Wildman–Crippen MR) is 46.2 cm³/mol. The van der Waals surface area contributed by atoms with Gasteiger partial charge in [0.1, 0.15) is 0 Å². The average Bonchev–Trinajstić information content (AvgIpc) is 1.93. The van der Waals surface area contributed by atoms with Crippen LogP contribution in [0.4, 0.5) is 0 Å². The summed E-state index contributed by atoms with van der Waals surface area (Å²) in [5, 5.41) is 1.59. The Kier molecular flexibility index (Phi) is 2.58. The van der Waals surface area contributed by atoms with Gasteiger partial charge in [-0.2, -0.15) is 0 Å².